The molecular formula is C27H23N3O2S2. The average molecular weight is 486 g/mol. The third-order valence-corrected chi connectivity index (χ3v) is 7.99. The Kier molecular flexibility index (Phi) is 6.70. The molecule has 2 amide bonds. The minimum Gasteiger partial charge on any atom is -0.347 e. The number of nitrogens with one attached hydrogen (secondary N) is 1. The Morgan fingerprint density at radius 3 is 2.59 bits per heavy atom. The number of amides is 2. The number of carbonyl (C=O) groups excluding carboxylic acids is 2. The van der Waals surface area contributed by atoms with Gasteiger partial charge in [-0.15, -0.1) is 22.7 Å². The first-order chi connectivity index (χ1) is 16.7. The second kappa shape index (κ2) is 10.2. The van der Waals surface area contributed by atoms with E-state index in [1.54, 1.807) is 16.2 Å². The molecule has 3 heterocycles. The van der Waals surface area contributed by atoms with Gasteiger partial charge < -0.3 is 10.2 Å². The molecule has 34 heavy (non-hydrogen) atoms. The Morgan fingerprint density at radius 1 is 1.00 bits per heavy atom. The van der Waals surface area contributed by atoms with Crippen LogP contribution in [0.5, 0.6) is 0 Å². The number of thiophene rings is 1. The van der Waals surface area contributed by atoms with Gasteiger partial charge in [-0.2, -0.15) is 0 Å². The lowest BCUT2D eigenvalue weighted by Gasteiger charge is -2.29. The molecule has 5 rings (SSSR count). The van der Waals surface area contributed by atoms with Gasteiger partial charge in [-0.25, -0.2) is 4.98 Å². The summed E-state index contributed by atoms with van der Waals surface area (Å²) < 4.78 is 1.22. The summed E-state index contributed by atoms with van der Waals surface area (Å²) in [7, 11) is 0. The van der Waals surface area contributed by atoms with Crippen molar-refractivity contribution >= 4 is 44.6 Å². The number of aromatic nitrogens is 1. The molecule has 0 saturated carbocycles. The highest BCUT2D eigenvalue weighted by molar-refractivity contribution is 7.17. The summed E-state index contributed by atoms with van der Waals surface area (Å²) in [5.74, 6) is 5.66. The zero-order valence-corrected chi connectivity index (χ0v) is 20.1. The van der Waals surface area contributed by atoms with Crippen molar-refractivity contribution in [3.8, 4) is 11.8 Å². The number of thiazole rings is 1. The van der Waals surface area contributed by atoms with Crippen LogP contribution in [0.4, 0.5) is 0 Å². The summed E-state index contributed by atoms with van der Waals surface area (Å²) in [4.78, 5) is 31.5. The lowest BCUT2D eigenvalue weighted by molar-refractivity contribution is -0.126. The van der Waals surface area contributed by atoms with Gasteiger partial charge in [-0.05, 0) is 47.4 Å². The van der Waals surface area contributed by atoms with Crippen LogP contribution < -0.4 is 5.32 Å². The minimum absolute atomic E-state index is 0.137. The van der Waals surface area contributed by atoms with Crippen molar-refractivity contribution < 1.29 is 9.59 Å². The van der Waals surface area contributed by atoms with Gasteiger partial charge in [0.25, 0.3) is 11.8 Å². The van der Waals surface area contributed by atoms with E-state index in [1.165, 1.54) is 21.4 Å². The van der Waals surface area contributed by atoms with Crippen LogP contribution in [-0.2, 0) is 11.3 Å². The Labute approximate surface area is 206 Å². The van der Waals surface area contributed by atoms with Crippen LogP contribution in [-0.4, -0.2) is 34.8 Å². The monoisotopic (exact) mass is 485 g/mol. The molecule has 2 aromatic heterocycles. The highest BCUT2D eigenvalue weighted by Crippen LogP contribution is 2.30. The number of fused-ring (bicyclic) bond motifs is 1. The fourth-order valence-corrected chi connectivity index (χ4v) is 6.00. The smallest absolute Gasteiger partial charge is 0.298 e. The third-order valence-electron chi connectivity index (χ3n) is 5.97. The molecule has 1 aliphatic rings. The van der Waals surface area contributed by atoms with Crippen molar-refractivity contribution in [2.24, 2.45) is 0 Å². The maximum absolute atomic E-state index is 12.7. The van der Waals surface area contributed by atoms with Crippen molar-refractivity contribution in [2.45, 2.75) is 25.3 Å². The zero-order chi connectivity index (χ0) is 23.3. The maximum Gasteiger partial charge on any atom is 0.298 e. The highest BCUT2D eigenvalue weighted by Gasteiger charge is 2.25. The molecule has 170 valence electrons. The summed E-state index contributed by atoms with van der Waals surface area (Å²) in [5.41, 5.74) is 2.43. The van der Waals surface area contributed by atoms with E-state index in [0.29, 0.717) is 25.3 Å². The Balaban J connectivity index is 1.14. The average Bonchev–Trinajstić information content (AvgIpc) is 3.54. The molecule has 1 aliphatic heterocycles. The predicted octanol–water partition coefficient (Wildman–Crippen LogP) is 5.05. The van der Waals surface area contributed by atoms with Gasteiger partial charge in [0.05, 0.1) is 5.01 Å². The number of hydrogen-bond donors (Lipinski definition) is 1. The van der Waals surface area contributed by atoms with E-state index < -0.39 is 0 Å². The molecule has 1 fully saturated rings. The van der Waals surface area contributed by atoms with E-state index in [2.05, 4.69) is 39.7 Å². The first-order valence-corrected chi connectivity index (χ1v) is 13.0. The van der Waals surface area contributed by atoms with Crippen LogP contribution in [0.25, 0.3) is 10.1 Å². The van der Waals surface area contributed by atoms with Gasteiger partial charge in [-0.1, -0.05) is 42.3 Å². The summed E-state index contributed by atoms with van der Waals surface area (Å²) in [6, 6.07) is 17.7. The number of hydrogen-bond acceptors (Lipinski definition) is 5. The second-order valence-corrected chi connectivity index (χ2v) is 9.99. The molecule has 0 unspecified atom stereocenters. The number of rotatable bonds is 4. The van der Waals surface area contributed by atoms with Crippen LogP contribution in [0.2, 0.25) is 0 Å². The number of benzene rings is 2. The minimum atomic E-state index is -0.151. The first-order valence-electron chi connectivity index (χ1n) is 11.2. The van der Waals surface area contributed by atoms with E-state index in [0.717, 1.165) is 29.0 Å². The topological polar surface area (TPSA) is 62.3 Å². The molecule has 5 nitrogen and oxygen atoms in total. The van der Waals surface area contributed by atoms with Gasteiger partial charge in [-0.3, -0.25) is 9.59 Å². The molecule has 0 spiro atoms. The van der Waals surface area contributed by atoms with Crippen molar-refractivity contribution in [1.29, 1.82) is 0 Å². The van der Waals surface area contributed by atoms with Crippen LogP contribution >= 0.6 is 22.7 Å². The number of nitrogens with zero attached hydrogens (tertiary/aromatic N) is 2. The molecule has 4 aromatic rings. The fraction of sp³-hybridized carbons (Fsp3) is 0.222. The second-order valence-electron chi connectivity index (χ2n) is 8.19. The van der Waals surface area contributed by atoms with Crippen LogP contribution in [0.1, 0.15) is 45.4 Å². The van der Waals surface area contributed by atoms with Gasteiger partial charge in [0, 0.05) is 47.1 Å². The molecule has 0 radical (unpaired) electrons. The summed E-state index contributed by atoms with van der Waals surface area (Å²) in [6.07, 6.45) is 1.66. The molecule has 7 heteroatoms. The predicted molar refractivity (Wildman–Crippen MR) is 137 cm³/mol. The van der Waals surface area contributed by atoms with Crippen LogP contribution in [0.15, 0.2) is 65.4 Å². The third kappa shape index (κ3) is 5.04. The van der Waals surface area contributed by atoms with E-state index >= 15 is 0 Å². The van der Waals surface area contributed by atoms with Crippen molar-refractivity contribution in [3.05, 3.63) is 87.2 Å². The largest absolute Gasteiger partial charge is 0.347 e. The summed E-state index contributed by atoms with van der Waals surface area (Å²) >= 11 is 3.21. The van der Waals surface area contributed by atoms with Crippen molar-refractivity contribution in [1.82, 2.24) is 15.2 Å². The van der Waals surface area contributed by atoms with Crippen molar-refractivity contribution in [3.63, 3.8) is 0 Å². The summed E-state index contributed by atoms with van der Waals surface area (Å²) in [5, 5.41) is 9.08. The van der Waals surface area contributed by atoms with Gasteiger partial charge in [0.15, 0.2) is 0 Å². The molecule has 1 saturated heterocycles. The first kappa shape index (κ1) is 22.3. The quantitative estimate of drug-likeness (QED) is 0.412. The maximum atomic E-state index is 12.7. The van der Waals surface area contributed by atoms with Crippen LogP contribution in [0.3, 0.4) is 0 Å². The van der Waals surface area contributed by atoms with Gasteiger partial charge in [0.2, 0.25) is 0 Å². The standard InChI is InChI=1S/C27H23N3O2S2/c31-25(11-10-19-6-2-1-3-7-19)30-14-12-20(13-15-30)27-29-23(18-34-27)26(32)28-16-21-17-33-24-9-5-4-8-22(21)24/h1-9,17-18,20H,12-16H2,(H,28,32). The van der Waals surface area contributed by atoms with Crippen molar-refractivity contribution in [2.75, 3.05) is 13.1 Å². The van der Waals surface area contributed by atoms with E-state index in [4.69, 9.17) is 0 Å². The number of likely N-dealkylation sites (tertiary alicyclic amines) is 1. The van der Waals surface area contributed by atoms with Gasteiger partial charge >= 0.3 is 0 Å². The Hall–Kier alpha value is -3.47. The Morgan fingerprint density at radius 2 is 1.76 bits per heavy atom. The van der Waals surface area contributed by atoms with E-state index in [9.17, 15) is 9.59 Å². The lowest BCUT2D eigenvalue weighted by atomic mass is 9.97. The van der Waals surface area contributed by atoms with Gasteiger partial charge in [0.1, 0.15) is 5.69 Å². The van der Waals surface area contributed by atoms with Crippen LogP contribution in [0, 0.1) is 11.8 Å². The molecular weight excluding hydrogens is 462 g/mol. The molecule has 0 bridgehead atoms. The molecule has 1 N–H and O–H groups in total. The summed E-state index contributed by atoms with van der Waals surface area (Å²) in [6.45, 7) is 1.79. The molecule has 0 atom stereocenters. The normalized spacial score (nSPS) is 13.9. The molecule has 0 aliphatic carbocycles. The lowest BCUT2D eigenvalue weighted by Crippen LogP contribution is -2.37. The van der Waals surface area contributed by atoms with E-state index in [-0.39, 0.29) is 17.7 Å². The molecule has 2 aromatic carbocycles. The number of carbonyl (C=O) groups is 2. The fourth-order valence-electron chi connectivity index (χ4n) is 4.07. The SMILES string of the molecule is O=C(NCc1csc2ccccc12)c1csc(C2CCN(C(=O)C#Cc3ccccc3)CC2)n1. The Bertz CT molecular complexity index is 1370. The van der Waals surface area contributed by atoms with E-state index in [1.807, 2.05) is 47.8 Å². The zero-order valence-electron chi connectivity index (χ0n) is 18.5. The number of piperidine rings is 1. The highest BCUT2D eigenvalue weighted by atomic mass is 32.1.